The van der Waals surface area contributed by atoms with Gasteiger partial charge < -0.3 is 0 Å². The number of pyridine rings is 1. The number of hydrogen-bond donors (Lipinski definition) is 0. The van der Waals surface area contributed by atoms with Crippen LogP contribution in [0.5, 0.6) is 0 Å². The van der Waals surface area contributed by atoms with Gasteiger partial charge in [0.25, 0.3) is 0 Å². The maximum Gasteiger partial charge on any atom is 0.211 e. The van der Waals surface area contributed by atoms with Crippen LogP contribution in [0.1, 0.15) is 5.69 Å². The first kappa shape index (κ1) is 16.9. The Labute approximate surface area is 151 Å². The quantitative estimate of drug-likeness (QED) is 0.709. The van der Waals surface area contributed by atoms with Crippen LogP contribution in [0.25, 0.3) is 22.4 Å². The fraction of sp³-hybridized carbons (Fsp3) is 0.222. The molecule has 0 aliphatic carbocycles. The van der Waals surface area contributed by atoms with E-state index in [9.17, 15) is 12.8 Å². The van der Waals surface area contributed by atoms with Crippen LogP contribution >= 0.6 is 0 Å². The zero-order valence-corrected chi connectivity index (χ0v) is 14.9. The molecule has 8 heteroatoms. The Morgan fingerprint density at radius 2 is 1.69 bits per heavy atom. The number of benzene rings is 1. The van der Waals surface area contributed by atoms with E-state index in [2.05, 4.69) is 4.98 Å². The van der Waals surface area contributed by atoms with Crippen LogP contribution in [0.2, 0.25) is 0 Å². The van der Waals surface area contributed by atoms with Crippen LogP contribution in [-0.4, -0.2) is 40.3 Å². The van der Waals surface area contributed by atoms with E-state index in [0.717, 1.165) is 22.4 Å². The minimum atomic E-state index is -3.30. The van der Waals surface area contributed by atoms with Crippen LogP contribution in [0.15, 0.2) is 48.8 Å². The van der Waals surface area contributed by atoms with Crippen molar-refractivity contribution in [1.29, 1.82) is 0 Å². The summed E-state index contributed by atoms with van der Waals surface area (Å²) in [5, 5.41) is 4.70. The molecule has 0 saturated heterocycles. The van der Waals surface area contributed by atoms with Gasteiger partial charge in [0.2, 0.25) is 10.0 Å². The van der Waals surface area contributed by atoms with Crippen LogP contribution in [-0.2, 0) is 23.1 Å². The molecule has 3 heterocycles. The maximum absolute atomic E-state index is 13.3. The highest BCUT2D eigenvalue weighted by atomic mass is 32.2. The molecule has 2 aromatic heterocycles. The molecule has 0 amide bonds. The van der Waals surface area contributed by atoms with Gasteiger partial charge in [-0.15, -0.1) is 0 Å². The Kier molecular flexibility index (Phi) is 4.08. The van der Waals surface area contributed by atoms with Gasteiger partial charge >= 0.3 is 0 Å². The molecule has 134 valence electrons. The highest BCUT2D eigenvalue weighted by Crippen LogP contribution is 2.36. The summed E-state index contributed by atoms with van der Waals surface area (Å²) >= 11 is 0. The highest BCUT2D eigenvalue weighted by molar-refractivity contribution is 7.88. The van der Waals surface area contributed by atoms with Gasteiger partial charge in [-0.2, -0.15) is 9.40 Å². The summed E-state index contributed by atoms with van der Waals surface area (Å²) < 4.78 is 40.6. The molecule has 0 N–H and O–H groups in total. The molecule has 3 aromatic rings. The second kappa shape index (κ2) is 6.30. The third-order valence-electron chi connectivity index (χ3n) is 4.50. The lowest BCUT2D eigenvalue weighted by Gasteiger charge is -2.26. The monoisotopic (exact) mass is 372 g/mol. The minimum absolute atomic E-state index is 0.255. The predicted octanol–water partition coefficient (Wildman–Crippen LogP) is 2.53. The number of halogens is 1. The molecular weight excluding hydrogens is 355 g/mol. The molecular formula is C18H17FN4O2S. The molecule has 1 aliphatic heterocycles. The van der Waals surface area contributed by atoms with E-state index < -0.39 is 10.0 Å². The first-order valence-corrected chi connectivity index (χ1v) is 9.99. The average Bonchev–Trinajstić information content (AvgIpc) is 3.01. The van der Waals surface area contributed by atoms with Crippen molar-refractivity contribution < 1.29 is 12.8 Å². The third-order valence-corrected chi connectivity index (χ3v) is 5.75. The molecule has 0 radical (unpaired) electrons. The second-order valence-electron chi connectivity index (χ2n) is 6.23. The normalized spacial score (nSPS) is 15.0. The molecule has 0 atom stereocenters. The number of rotatable bonds is 3. The molecule has 26 heavy (non-hydrogen) atoms. The zero-order chi connectivity index (χ0) is 18.3. The largest absolute Gasteiger partial charge is 0.266 e. The first-order valence-electron chi connectivity index (χ1n) is 8.14. The fourth-order valence-electron chi connectivity index (χ4n) is 3.21. The van der Waals surface area contributed by atoms with Gasteiger partial charge in [-0.3, -0.25) is 9.67 Å². The van der Waals surface area contributed by atoms with Gasteiger partial charge in [0.15, 0.2) is 0 Å². The highest BCUT2D eigenvalue weighted by Gasteiger charge is 2.29. The minimum Gasteiger partial charge on any atom is -0.266 e. The smallest absolute Gasteiger partial charge is 0.211 e. The van der Waals surface area contributed by atoms with Crippen molar-refractivity contribution in [2.75, 3.05) is 12.8 Å². The van der Waals surface area contributed by atoms with Gasteiger partial charge in [0.1, 0.15) is 11.5 Å². The van der Waals surface area contributed by atoms with Crippen molar-refractivity contribution in [3.05, 3.63) is 60.3 Å². The third kappa shape index (κ3) is 3.02. The maximum atomic E-state index is 13.3. The first-order chi connectivity index (χ1) is 12.4. The summed E-state index contributed by atoms with van der Waals surface area (Å²) in [5.41, 5.74) is 4.07. The van der Waals surface area contributed by atoms with E-state index in [0.29, 0.717) is 18.8 Å². The fourth-order valence-corrected chi connectivity index (χ4v) is 3.98. The summed E-state index contributed by atoms with van der Waals surface area (Å²) in [5.74, 6) is -0.313. The van der Waals surface area contributed by atoms with Gasteiger partial charge in [0.05, 0.1) is 25.0 Å². The van der Waals surface area contributed by atoms with E-state index >= 15 is 0 Å². The van der Waals surface area contributed by atoms with Gasteiger partial charge in [-0.05, 0) is 42.0 Å². The Morgan fingerprint density at radius 1 is 1.00 bits per heavy atom. The zero-order valence-electron chi connectivity index (χ0n) is 14.1. The van der Waals surface area contributed by atoms with Gasteiger partial charge in [-0.1, -0.05) is 0 Å². The molecule has 0 fully saturated rings. The van der Waals surface area contributed by atoms with Crippen molar-refractivity contribution in [3.63, 3.8) is 0 Å². The Morgan fingerprint density at radius 3 is 2.35 bits per heavy atom. The molecule has 1 aliphatic rings. The van der Waals surface area contributed by atoms with E-state index in [1.165, 1.54) is 22.7 Å². The molecule has 0 saturated carbocycles. The van der Waals surface area contributed by atoms with Crippen molar-refractivity contribution in [2.45, 2.75) is 13.1 Å². The summed E-state index contributed by atoms with van der Waals surface area (Å²) in [4.78, 5) is 4.05. The van der Waals surface area contributed by atoms with Gasteiger partial charge in [-0.25, -0.2) is 12.8 Å². The lowest BCUT2D eigenvalue weighted by atomic mass is 9.99. The molecule has 6 nitrogen and oxygen atoms in total. The van der Waals surface area contributed by atoms with Crippen LogP contribution in [0, 0.1) is 5.82 Å². The van der Waals surface area contributed by atoms with Crippen molar-refractivity contribution in [2.24, 2.45) is 0 Å². The molecule has 0 unspecified atom stereocenters. The predicted molar refractivity (Wildman–Crippen MR) is 96.1 cm³/mol. The molecule has 0 bridgehead atoms. The molecule has 4 rings (SSSR count). The Bertz CT molecular complexity index is 1050. The van der Waals surface area contributed by atoms with E-state index in [1.54, 1.807) is 24.5 Å². The SMILES string of the molecule is CS(=O)(=O)N1CCn2nc(-c3ccc(F)cc3)c(-c3ccncc3)c2C1. The number of sulfonamides is 1. The van der Waals surface area contributed by atoms with Crippen molar-refractivity contribution in [3.8, 4) is 22.4 Å². The van der Waals surface area contributed by atoms with Crippen molar-refractivity contribution >= 4 is 10.0 Å². The average molecular weight is 372 g/mol. The number of nitrogens with zero attached hydrogens (tertiary/aromatic N) is 4. The number of aromatic nitrogens is 3. The topological polar surface area (TPSA) is 68.1 Å². The van der Waals surface area contributed by atoms with E-state index in [4.69, 9.17) is 5.10 Å². The lowest BCUT2D eigenvalue weighted by molar-refractivity contribution is 0.329. The Balaban J connectivity index is 1.91. The second-order valence-corrected chi connectivity index (χ2v) is 8.22. The summed E-state index contributed by atoms with van der Waals surface area (Å²) in [6.07, 6.45) is 4.59. The van der Waals surface area contributed by atoms with Crippen LogP contribution in [0.4, 0.5) is 4.39 Å². The summed E-state index contributed by atoms with van der Waals surface area (Å²) in [7, 11) is -3.30. The molecule has 1 aromatic carbocycles. The van der Waals surface area contributed by atoms with Crippen LogP contribution < -0.4 is 0 Å². The number of hydrogen-bond acceptors (Lipinski definition) is 4. The number of fused-ring (bicyclic) bond motifs is 1. The van der Waals surface area contributed by atoms with Crippen LogP contribution in [0.3, 0.4) is 0 Å². The summed E-state index contributed by atoms with van der Waals surface area (Å²) in [6.45, 7) is 1.11. The lowest BCUT2D eigenvalue weighted by Crippen LogP contribution is -2.37. The van der Waals surface area contributed by atoms with Crippen molar-refractivity contribution in [1.82, 2.24) is 19.1 Å². The standard InChI is InChI=1S/C18H17FN4O2S/c1-26(24,25)22-10-11-23-16(12-22)17(13-6-8-20-9-7-13)18(21-23)14-2-4-15(19)5-3-14/h2-9H,10-12H2,1H3. The van der Waals surface area contributed by atoms with E-state index in [-0.39, 0.29) is 12.4 Å². The molecule has 0 spiro atoms. The Hall–Kier alpha value is -2.58. The van der Waals surface area contributed by atoms with E-state index in [1.807, 2.05) is 16.8 Å². The summed E-state index contributed by atoms with van der Waals surface area (Å²) in [6, 6.07) is 9.89. The van der Waals surface area contributed by atoms with Gasteiger partial charge in [0, 0.05) is 30.1 Å².